The topological polar surface area (TPSA) is 61.4 Å². The third kappa shape index (κ3) is 4.20. The van der Waals surface area contributed by atoms with Crippen LogP contribution in [0, 0.1) is 0 Å². The van der Waals surface area contributed by atoms with Gasteiger partial charge in [-0.25, -0.2) is 13.1 Å². The molecule has 130 valence electrons. The van der Waals surface area contributed by atoms with Crippen molar-refractivity contribution in [3.8, 4) is 0 Å². The van der Waals surface area contributed by atoms with Gasteiger partial charge in [0, 0.05) is 42.4 Å². The Morgan fingerprint density at radius 3 is 2.39 bits per heavy atom. The van der Waals surface area contributed by atoms with E-state index in [0.717, 1.165) is 31.4 Å². The van der Waals surface area contributed by atoms with Crippen molar-refractivity contribution in [2.75, 3.05) is 19.0 Å². The van der Waals surface area contributed by atoms with Crippen molar-refractivity contribution in [3.05, 3.63) is 22.7 Å². The summed E-state index contributed by atoms with van der Waals surface area (Å²) in [6, 6.07) is 6.34. The highest BCUT2D eigenvalue weighted by atomic mass is 79.9. The lowest BCUT2D eigenvalue weighted by atomic mass is 10.0. The Hall–Kier alpha value is -0.340. The summed E-state index contributed by atoms with van der Waals surface area (Å²) < 4.78 is 29.0. The molecule has 2 unspecified atom stereocenters. The van der Waals surface area contributed by atoms with Crippen molar-refractivity contribution in [1.82, 2.24) is 10.0 Å². The van der Waals surface area contributed by atoms with Crippen LogP contribution in [-0.4, -0.2) is 40.6 Å². The standard InChI is InChI=1S/C15H22BrN3O2S.ClH/c1-19(2)13-5-6-14(16)15(9-13)22(20,21)18-12-7-10-3-4-11(8-12)17-10;/h5-6,9-12,17-18H,3-4,7-8H2,1-2H3;1H. The molecule has 0 aliphatic carbocycles. The summed E-state index contributed by atoms with van der Waals surface area (Å²) in [5, 5.41) is 3.53. The van der Waals surface area contributed by atoms with Gasteiger partial charge in [0.2, 0.25) is 10.0 Å². The van der Waals surface area contributed by atoms with Crippen LogP contribution >= 0.6 is 28.3 Å². The smallest absolute Gasteiger partial charge is 0.242 e. The average molecular weight is 425 g/mol. The van der Waals surface area contributed by atoms with Crippen LogP contribution < -0.4 is 14.9 Å². The second kappa shape index (κ2) is 7.27. The number of benzene rings is 1. The van der Waals surface area contributed by atoms with Crippen LogP contribution in [0.1, 0.15) is 25.7 Å². The summed E-state index contributed by atoms with van der Waals surface area (Å²) in [6.45, 7) is 0. The van der Waals surface area contributed by atoms with Crippen LogP contribution in [0.3, 0.4) is 0 Å². The first-order valence-corrected chi connectivity index (χ1v) is 9.88. The Morgan fingerprint density at radius 2 is 1.83 bits per heavy atom. The van der Waals surface area contributed by atoms with Crippen molar-refractivity contribution in [2.24, 2.45) is 0 Å². The molecule has 5 nitrogen and oxygen atoms in total. The number of hydrogen-bond donors (Lipinski definition) is 2. The van der Waals surface area contributed by atoms with E-state index >= 15 is 0 Å². The van der Waals surface area contributed by atoms with Gasteiger partial charge in [0.25, 0.3) is 0 Å². The van der Waals surface area contributed by atoms with E-state index in [-0.39, 0.29) is 18.4 Å². The van der Waals surface area contributed by atoms with Crippen molar-refractivity contribution in [1.29, 1.82) is 0 Å². The first kappa shape index (κ1) is 19.0. The van der Waals surface area contributed by atoms with E-state index in [0.29, 0.717) is 21.5 Å². The molecule has 2 N–H and O–H groups in total. The molecule has 0 aromatic heterocycles. The lowest BCUT2D eigenvalue weighted by Crippen LogP contribution is -2.47. The summed E-state index contributed by atoms with van der Waals surface area (Å²) in [4.78, 5) is 2.21. The Labute approximate surface area is 152 Å². The number of fused-ring (bicyclic) bond motifs is 2. The van der Waals surface area contributed by atoms with Gasteiger partial charge in [-0.2, -0.15) is 0 Å². The fraction of sp³-hybridized carbons (Fsp3) is 0.600. The van der Waals surface area contributed by atoms with Gasteiger partial charge in [-0.05, 0) is 59.8 Å². The Morgan fingerprint density at radius 1 is 1.22 bits per heavy atom. The summed E-state index contributed by atoms with van der Waals surface area (Å²) in [7, 11) is 0.284. The van der Waals surface area contributed by atoms with E-state index in [4.69, 9.17) is 0 Å². The van der Waals surface area contributed by atoms with Crippen molar-refractivity contribution in [3.63, 3.8) is 0 Å². The molecule has 1 aromatic rings. The fourth-order valence-corrected chi connectivity index (χ4v) is 5.66. The first-order chi connectivity index (χ1) is 10.3. The molecule has 2 heterocycles. The molecule has 0 radical (unpaired) electrons. The largest absolute Gasteiger partial charge is 0.378 e. The van der Waals surface area contributed by atoms with Gasteiger partial charge in [-0.3, -0.25) is 0 Å². The summed E-state index contributed by atoms with van der Waals surface area (Å²) in [6.07, 6.45) is 4.06. The van der Waals surface area contributed by atoms with E-state index in [1.165, 1.54) is 0 Å². The van der Waals surface area contributed by atoms with Crippen LogP contribution in [0.25, 0.3) is 0 Å². The van der Waals surface area contributed by atoms with Gasteiger partial charge in [-0.15, -0.1) is 12.4 Å². The number of halogens is 2. The zero-order valence-electron chi connectivity index (χ0n) is 13.3. The van der Waals surface area contributed by atoms with Gasteiger partial charge >= 0.3 is 0 Å². The average Bonchev–Trinajstić information content (AvgIpc) is 2.77. The minimum Gasteiger partial charge on any atom is -0.378 e. The minimum atomic E-state index is -3.52. The van der Waals surface area contributed by atoms with Crippen molar-refractivity contribution < 1.29 is 8.42 Å². The summed E-state index contributed by atoms with van der Waals surface area (Å²) in [5.41, 5.74) is 0.869. The molecule has 2 atom stereocenters. The highest BCUT2D eigenvalue weighted by Crippen LogP contribution is 2.30. The Balaban J connectivity index is 0.00000192. The molecular weight excluding hydrogens is 402 g/mol. The molecule has 1 aromatic carbocycles. The number of rotatable bonds is 4. The SMILES string of the molecule is CN(C)c1ccc(Br)c(S(=O)(=O)NC2CC3CCC(C2)N3)c1.Cl. The number of hydrogen-bond acceptors (Lipinski definition) is 4. The van der Waals surface area contributed by atoms with E-state index in [1.54, 1.807) is 12.1 Å². The fourth-order valence-electron chi connectivity index (χ4n) is 3.41. The third-order valence-corrected chi connectivity index (χ3v) is 7.03. The second-order valence-electron chi connectivity index (χ2n) is 6.44. The predicted molar refractivity (Wildman–Crippen MR) is 99.0 cm³/mol. The maximum atomic E-state index is 12.7. The summed E-state index contributed by atoms with van der Waals surface area (Å²) >= 11 is 3.37. The lowest BCUT2D eigenvalue weighted by Gasteiger charge is -2.29. The van der Waals surface area contributed by atoms with Crippen LogP contribution in [0.5, 0.6) is 0 Å². The third-order valence-electron chi connectivity index (χ3n) is 4.52. The van der Waals surface area contributed by atoms with Crippen LogP contribution in [-0.2, 0) is 10.0 Å². The zero-order valence-corrected chi connectivity index (χ0v) is 16.5. The molecule has 8 heteroatoms. The van der Waals surface area contributed by atoms with Crippen LogP contribution in [0.15, 0.2) is 27.6 Å². The highest BCUT2D eigenvalue weighted by molar-refractivity contribution is 9.10. The normalized spacial score (nSPS) is 26.7. The molecule has 0 amide bonds. The van der Waals surface area contributed by atoms with E-state index < -0.39 is 10.0 Å². The number of anilines is 1. The number of piperidine rings is 1. The van der Waals surface area contributed by atoms with Gasteiger partial charge in [0.05, 0.1) is 4.90 Å². The predicted octanol–water partition coefficient (Wildman–Crippen LogP) is 2.50. The van der Waals surface area contributed by atoms with Gasteiger partial charge in [0.1, 0.15) is 0 Å². The lowest BCUT2D eigenvalue weighted by molar-refractivity contribution is 0.345. The second-order valence-corrected chi connectivity index (χ2v) is 8.97. The molecule has 2 aliphatic heterocycles. The van der Waals surface area contributed by atoms with Crippen molar-refractivity contribution in [2.45, 2.75) is 48.7 Å². The van der Waals surface area contributed by atoms with Gasteiger partial charge in [0.15, 0.2) is 0 Å². The number of nitrogens with one attached hydrogen (secondary N) is 2. The molecule has 0 spiro atoms. The molecule has 2 fully saturated rings. The molecule has 2 bridgehead atoms. The highest BCUT2D eigenvalue weighted by Gasteiger charge is 2.35. The van der Waals surface area contributed by atoms with Crippen LogP contribution in [0.2, 0.25) is 0 Å². The van der Waals surface area contributed by atoms with Crippen LogP contribution in [0.4, 0.5) is 5.69 Å². The molecule has 2 aliphatic rings. The minimum absolute atomic E-state index is 0. The molecule has 0 saturated carbocycles. The van der Waals surface area contributed by atoms with Crippen molar-refractivity contribution >= 4 is 44.0 Å². The quantitative estimate of drug-likeness (QED) is 0.779. The number of sulfonamides is 1. The van der Waals surface area contributed by atoms with E-state index in [9.17, 15) is 8.42 Å². The van der Waals surface area contributed by atoms with E-state index in [1.807, 2.05) is 25.1 Å². The van der Waals surface area contributed by atoms with Gasteiger partial charge < -0.3 is 10.2 Å². The zero-order chi connectivity index (χ0) is 15.9. The van der Waals surface area contributed by atoms with Gasteiger partial charge in [-0.1, -0.05) is 0 Å². The maximum Gasteiger partial charge on any atom is 0.242 e. The molecule has 3 rings (SSSR count). The maximum absolute atomic E-state index is 12.7. The monoisotopic (exact) mass is 423 g/mol. The summed E-state index contributed by atoms with van der Waals surface area (Å²) in [5.74, 6) is 0. The molecular formula is C15H23BrClN3O2S. The molecule has 2 saturated heterocycles. The Bertz CT molecular complexity index is 657. The molecule has 23 heavy (non-hydrogen) atoms. The number of nitrogens with zero attached hydrogens (tertiary/aromatic N) is 1. The first-order valence-electron chi connectivity index (χ1n) is 7.60. The van der Waals surface area contributed by atoms with E-state index in [2.05, 4.69) is 26.0 Å². The Kier molecular flexibility index (Phi) is 6.00.